The molecule has 2 heterocycles. The van der Waals surface area contributed by atoms with Crippen molar-refractivity contribution in [1.29, 1.82) is 0 Å². The van der Waals surface area contributed by atoms with E-state index in [1.807, 2.05) is 6.07 Å². The molecule has 0 bridgehead atoms. The van der Waals surface area contributed by atoms with E-state index in [1.165, 1.54) is 28.2 Å². The van der Waals surface area contributed by atoms with Crippen molar-refractivity contribution >= 4 is 21.5 Å². The SMILES string of the molecule is O=[N+]([O-])c1cccnc1N1CCN(S(=O)(=O)c2ccc3c(c2)CCC3)CC1. The third kappa shape index (κ3) is 3.28. The van der Waals surface area contributed by atoms with E-state index >= 15 is 0 Å². The Morgan fingerprint density at radius 1 is 1.04 bits per heavy atom. The Morgan fingerprint density at radius 3 is 2.52 bits per heavy atom. The highest BCUT2D eigenvalue weighted by Crippen LogP contribution is 2.29. The Kier molecular flexibility index (Phi) is 4.56. The second-order valence-electron chi connectivity index (χ2n) is 6.78. The van der Waals surface area contributed by atoms with Crippen LogP contribution in [-0.4, -0.2) is 48.8 Å². The number of piperazine rings is 1. The number of hydrogen-bond donors (Lipinski definition) is 0. The molecule has 0 unspecified atom stereocenters. The zero-order valence-corrected chi connectivity index (χ0v) is 15.6. The summed E-state index contributed by atoms with van der Waals surface area (Å²) in [5.41, 5.74) is 2.30. The lowest BCUT2D eigenvalue weighted by atomic mass is 10.1. The Labute approximate surface area is 157 Å². The molecule has 0 atom stereocenters. The number of nitrogens with zero attached hydrogens (tertiary/aromatic N) is 4. The fourth-order valence-corrected chi connectivity index (χ4v) is 5.25. The lowest BCUT2D eigenvalue weighted by Crippen LogP contribution is -2.49. The third-order valence-corrected chi connectivity index (χ3v) is 7.10. The quantitative estimate of drug-likeness (QED) is 0.587. The summed E-state index contributed by atoms with van der Waals surface area (Å²) in [6, 6.07) is 8.35. The summed E-state index contributed by atoms with van der Waals surface area (Å²) in [6.45, 7) is 1.27. The summed E-state index contributed by atoms with van der Waals surface area (Å²) >= 11 is 0. The fraction of sp³-hybridized carbons (Fsp3) is 0.389. The van der Waals surface area contributed by atoms with Crippen molar-refractivity contribution in [2.75, 3.05) is 31.1 Å². The number of benzene rings is 1. The maximum absolute atomic E-state index is 13.0. The van der Waals surface area contributed by atoms with Crippen molar-refractivity contribution in [3.8, 4) is 0 Å². The van der Waals surface area contributed by atoms with Crippen LogP contribution in [-0.2, 0) is 22.9 Å². The summed E-state index contributed by atoms with van der Waals surface area (Å²) in [7, 11) is -3.56. The number of hydrogen-bond acceptors (Lipinski definition) is 6. The molecular formula is C18H20N4O4S. The van der Waals surface area contributed by atoms with Crippen LogP contribution in [0.5, 0.6) is 0 Å². The van der Waals surface area contributed by atoms with Gasteiger partial charge in [0.05, 0.1) is 9.82 Å². The summed E-state index contributed by atoms with van der Waals surface area (Å²) in [6.07, 6.45) is 4.52. The highest BCUT2D eigenvalue weighted by Gasteiger charge is 2.31. The maximum atomic E-state index is 13.0. The second kappa shape index (κ2) is 6.90. The van der Waals surface area contributed by atoms with Crippen LogP contribution >= 0.6 is 0 Å². The number of nitro groups is 1. The molecule has 4 rings (SSSR count). The van der Waals surface area contributed by atoms with Gasteiger partial charge in [-0.3, -0.25) is 10.1 Å². The van der Waals surface area contributed by atoms with Gasteiger partial charge >= 0.3 is 5.69 Å². The topological polar surface area (TPSA) is 96.7 Å². The van der Waals surface area contributed by atoms with Crippen LogP contribution in [0.2, 0.25) is 0 Å². The lowest BCUT2D eigenvalue weighted by Gasteiger charge is -2.34. The van der Waals surface area contributed by atoms with Gasteiger partial charge in [0, 0.05) is 38.4 Å². The van der Waals surface area contributed by atoms with Gasteiger partial charge in [0.15, 0.2) is 0 Å². The van der Waals surface area contributed by atoms with Crippen molar-refractivity contribution in [2.45, 2.75) is 24.2 Å². The van der Waals surface area contributed by atoms with Crippen molar-refractivity contribution in [1.82, 2.24) is 9.29 Å². The first-order valence-electron chi connectivity index (χ1n) is 8.93. The van der Waals surface area contributed by atoms with E-state index in [4.69, 9.17) is 0 Å². The van der Waals surface area contributed by atoms with Gasteiger partial charge in [-0.1, -0.05) is 6.07 Å². The van der Waals surface area contributed by atoms with E-state index in [0.717, 1.165) is 24.8 Å². The first kappa shape index (κ1) is 17.9. The lowest BCUT2D eigenvalue weighted by molar-refractivity contribution is -0.384. The van der Waals surface area contributed by atoms with Crippen LogP contribution in [0.1, 0.15) is 17.5 Å². The van der Waals surface area contributed by atoms with Gasteiger partial charge in [0.1, 0.15) is 0 Å². The van der Waals surface area contributed by atoms with E-state index in [9.17, 15) is 18.5 Å². The zero-order chi connectivity index (χ0) is 19.0. The fourth-order valence-electron chi connectivity index (χ4n) is 3.77. The Hall–Kier alpha value is -2.52. The van der Waals surface area contributed by atoms with Gasteiger partial charge in [-0.25, -0.2) is 13.4 Å². The molecular weight excluding hydrogens is 368 g/mol. The predicted molar refractivity (Wildman–Crippen MR) is 100 cm³/mol. The van der Waals surface area contributed by atoms with Crippen molar-refractivity contribution in [3.05, 3.63) is 57.8 Å². The molecule has 2 aliphatic rings. The minimum atomic E-state index is -3.56. The number of aromatic nitrogens is 1. The molecule has 1 aromatic heterocycles. The van der Waals surface area contributed by atoms with Crippen LogP contribution < -0.4 is 4.90 Å². The van der Waals surface area contributed by atoms with Crippen LogP contribution in [0.3, 0.4) is 0 Å². The molecule has 0 N–H and O–H groups in total. The highest BCUT2D eigenvalue weighted by molar-refractivity contribution is 7.89. The summed E-state index contributed by atoms with van der Waals surface area (Å²) in [4.78, 5) is 17.0. The minimum Gasteiger partial charge on any atom is -0.348 e. The number of aryl methyl sites for hydroxylation is 2. The molecule has 8 nitrogen and oxygen atoms in total. The highest BCUT2D eigenvalue weighted by atomic mass is 32.2. The molecule has 1 saturated heterocycles. The van der Waals surface area contributed by atoms with Gasteiger partial charge in [-0.2, -0.15) is 4.31 Å². The number of pyridine rings is 1. The van der Waals surface area contributed by atoms with Crippen molar-refractivity contribution < 1.29 is 13.3 Å². The molecule has 1 aliphatic carbocycles. The van der Waals surface area contributed by atoms with E-state index in [1.54, 1.807) is 17.0 Å². The van der Waals surface area contributed by atoms with Gasteiger partial charge < -0.3 is 4.90 Å². The van der Waals surface area contributed by atoms with Gasteiger partial charge in [0.25, 0.3) is 0 Å². The van der Waals surface area contributed by atoms with Crippen molar-refractivity contribution in [2.24, 2.45) is 0 Å². The predicted octanol–water partition coefficient (Wildman–Crippen LogP) is 1.99. The van der Waals surface area contributed by atoms with E-state index < -0.39 is 14.9 Å². The Morgan fingerprint density at radius 2 is 1.78 bits per heavy atom. The van der Waals surface area contributed by atoms with Crippen molar-refractivity contribution in [3.63, 3.8) is 0 Å². The molecule has 142 valence electrons. The molecule has 0 spiro atoms. The van der Waals surface area contributed by atoms with Gasteiger partial charge in [-0.15, -0.1) is 0 Å². The molecule has 1 fully saturated rings. The van der Waals surface area contributed by atoms with Gasteiger partial charge in [-0.05, 0) is 48.6 Å². The van der Waals surface area contributed by atoms with E-state index in [2.05, 4.69) is 4.98 Å². The molecule has 1 aromatic carbocycles. The monoisotopic (exact) mass is 388 g/mol. The normalized spacial score (nSPS) is 17.7. The minimum absolute atomic E-state index is 0.0626. The molecule has 0 saturated carbocycles. The second-order valence-corrected chi connectivity index (χ2v) is 8.72. The number of sulfonamides is 1. The molecule has 0 amide bonds. The molecule has 9 heteroatoms. The average molecular weight is 388 g/mol. The molecule has 27 heavy (non-hydrogen) atoms. The largest absolute Gasteiger partial charge is 0.348 e. The first-order valence-corrected chi connectivity index (χ1v) is 10.4. The average Bonchev–Trinajstić information content (AvgIpc) is 3.16. The Bertz CT molecular complexity index is 985. The first-order chi connectivity index (χ1) is 13.0. The third-order valence-electron chi connectivity index (χ3n) is 5.21. The maximum Gasteiger partial charge on any atom is 0.311 e. The van der Waals surface area contributed by atoms with Gasteiger partial charge in [0.2, 0.25) is 15.8 Å². The molecule has 1 aliphatic heterocycles. The zero-order valence-electron chi connectivity index (χ0n) is 14.7. The number of anilines is 1. The Balaban J connectivity index is 1.51. The van der Waals surface area contributed by atoms with Crippen LogP contribution in [0.15, 0.2) is 41.4 Å². The van der Waals surface area contributed by atoms with E-state index in [-0.39, 0.29) is 24.6 Å². The number of fused-ring (bicyclic) bond motifs is 1. The summed E-state index contributed by atoms with van der Waals surface area (Å²) in [5, 5.41) is 11.2. The summed E-state index contributed by atoms with van der Waals surface area (Å²) in [5.74, 6) is 0.289. The van der Waals surface area contributed by atoms with Crippen LogP contribution in [0.25, 0.3) is 0 Å². The standard InChI is InChI=1S/C18H20N4O4S/c23-22(24)17-5-2-8-19-18(17)20-9-11-21(12-10-20)27(25,26)16-7-6-14-3-1-4-15(14)13-16/h2,5-8,13H,1,3-4,9-12H2. The number of rotatable bonds is 4. The molecule has 0 radical (unpaired) electrons. The van der Waals surface area contributed by atoms with Crippen LogP contribution in [0.4, 0.5) is 11.5 Å². The summed E-state index contributed by atoms with van der Waals surface area (Å²) < 4.78 is 27.4. The van der Waals surface area contributed by atoms with E-state index in [0.29, 0.717) is 18.0 Å². The van der Waals surface area contributed by atoms with Crippen LogP contribution in [0, 0.1) is 10.1 Å². The smallest absolute Gasteiger partial charge is 0.311 e. The molecule has 2 aromatic rings.